The van der Waals surface area contributed by atoms with Gasteiger partial charge in [0.05, 0.1) is 0 Å². The van der Waals surface area contributed by atoms with Crippen molar-refractivity contribution in [2.45, 2.75) is 32.7 Å². The second-order valence-corrected chi connectivity index (χ2v) is 5.11. The van der Waals surface area contributed by atoms with Crippen molar-refractivity contribution in [1.82, 2.24) is 0 Å². The minimum Gasteiger partial charge on any atom is -0.384 e. The lowest BCUT2D eigenvalue weighted by Crippen LogP contribution is -2.42. The Labute approximate surface area is 103 Å². The van der Waals surface area contributed by atoms with Crippen LogP contribution in [-0.2, 0) is 0 Å². The maximum absolute atomic E-state index is 7.66. The number of benzene rings is 1. The van der Waals surface area contributed by atoms with Crippen molar-refractivity contribution in [1.29, 1.82) is 5.41 Å². The second-order valence-electron chi connectivity index (χ2n) is 5.11. The van der Waals surface area contributed by atoms with E-state index < -0.39 is 0 Å². The first kappa shape index (κ1) is 12.0. The van der Waals surface area contributed by atoms with Gasteiger partial charge in [0.2, 0.25) is 0 Å². The van der Waals surface area contributed by atoms with Gasteiger partial charge in [-0.25, -0.2) is 0 Å². The van der Waals surface area contributed by atoms with E-state index in [0.717, 1.165) is 17.8 Å². The maximum Gasteiger partial charge on any atom is 0.124 e. The van der Waals surface area contributed by atoms with Gasteiger partial charge in [-0.05, 0) is 37.8 Å². The van der Waals surface area contributed by atoms with Crippen LogP contribution in [0.3, 0.4) is 0 Å². The largest absolute Gasteiger partial charge is 0.384 e. The van der Waals surface area contributed by atoms with Gasteiger partial charge in [0, 0.05) is 23.8 Å². The van der Waals surface area contributed by atoms with Crippen molar-refractivity contribution in [3.63, 3.8) is 0 Å². The first-order valence-electron chi connectivity index (χ1n) is 6.29. The van der Waals surface area contributed by atoms with Crippen molar-refractivity contribution in [2.75, 3.05) is 11.4 Å². The minimum atomic E-state index is 0.158. The third-order valence-electron chi connectivity index (χ3n) is 3.62. The molecule has 0 amide bonds. The van der Waals surface area contributed by atoms with E-state index >= 15 is 0 Å². The van der Waals surface area contributed by atoms with Crippen molar-refractivity contribution >= 4 is 11.5 Å². The van der Waals surface area contributed by atoms with Gasteiger partial charge in [0.15, 0.2) is 0 Å². The molecule has 1 fully saturated rings. The number of nitrogens with one attached hydrogen (secondary N) is 1. The topological polar surface area (TPSA) is 53.1 Å². The molecule has 2 unspecified atom stereocenters. The van der Waals surface area contributed by atoms with E-state index in [-0.39, 0.29) is 5.84 Å². The van der Waals surface area contributed by atoms with Gasteiger partial charge in [0.1, 0.15) is 5.84 Å². The molecule has 1 aromatic carbocycles. The van der Waals surface area contributed by atoms with Crippen molar-refractivity contribution in [3.8, 4) is 0 Å². The molecule has 1 heterocycles. The van der Waals surface area contributed by atoms with E-state index in [4.69, 9.17) is 11.1 Å². The van der Waals surface area contributed by atoms with E-state index in [0.29, 0.717) is 12.0 Å². The predicted molar refractivity (Wildman–Crippen MR) is 72.7 cm³/mol. The summed E-state index contributed by atoms with van der Waals surface area (Å²) in [6.07, 6.45) is 2.51. The number of hydrogen-bond acceptors (Lipinski definition) is 2. The van der Waals surface area contributed by atoms with Gasteiger partial charge in [-0.1, -0.05) is 19.1 Å². The summed E-state index contributed by atoms with van der Waals surface area (Å²) in [4.78, 5) is 2.39. The molecular formula is C14H21N3. The van der Waals surface area contributed by atoms with E-state index in [2.05, 4.69) is 24.8 Å². The monoisotopic (exact) mass is 231 g/mol. The van der Waals surface area contributed by atoms with E-state index in [1.54, 1.807) is 0 Å². The molecule has 17 heavy (non-hydrogen) atoms. The Hall–Kier alpha value is -1.51. The van der Waals surface area contributed by atoms with Gasteiger partial charge in [-0.3, -0.25) is 5.41 Å². The van der Waals surface area contributed by atoms with Gasteiger partial charge in [0.25, 0.3) is 0 Å². The number of nitrogens with zero attached hydrogens (tertiary/aromatic N) is 1. The van der Waals surface area contributed by atoms with Crippen LogP contribution in [0.1, 0.15) is 32.3 Å². The Morgan fingerprint density at radius 2 is 2.00 bits per heavy atom. The molecule has 0 aliphatic carbocycles. The van der Waals surface area contributed by atoms with Crippen LogP contribution in [-0.4, -0.2) is 18.4 Å². The lowest BCUT2D eigenvalue weighted by molar-refractivity contribution is 0.390. The Morgan fingerprint density at radius 1 is 1.29 bits per heavy atom. The smallest absolute Gasteiger partial charge is 0.124 e. The molecule has 3 heteroatoms. The number of nitrogens with two attached hydrogens (primary N) is 1. The Morgan fingerprint density at radius 3 is 2.71 bits per heavy atom. The summed E-state index contributed by atoms with van der Waals surface area (Å²) in [5.74, 6) is 0.872. The molecule has 2 atom stereocenters. The van der Waals surface area contributed by atoms with Gasteiger partial charge in [-0.15, -0.1) is 0 Å². The average molecular weight is 231 g/mol. The molecule has 0 bridgehead atoms. The number of hydrogen-bond donors (Lipinski definition) is 2. The number of para-hydroxylation sites is 1. The molecule has 3 nitrogen and oxygen atoms in total. The number of amidine groups is 1. The Balaban J connectivity index is 2.35. The van der Waals surface area contributed by atoms with Crippen LogP contribution in [0.15, 0.2) is 24.3 Å². The molecule has 0 radical (unpaired) electrons. The van der Waals surface area contributed by atoms with E-state index in [1.807, 2.05) is 18.2 Å². The van der Waals surface area contributed by atoms with Crippen LogP contribution in [0.5, 0.6) is 0 Å². The maximum atomic E-state index is 7.66. The zero-order chi connectivity index (χ0) is 12.4. The highest BCUT2D eigenvalue weighted by atomic mass is 15.2. The third-order valence-corrected chi connectivity index (χ3v) is 3.62. The SMILES string of the molecule is CC1CCC(C)N(c2ccccc2C(=N)N)C1. The zero-order valence-electron chi connectivity index (χ0n) is 10.6. The number of nitrogen functional groups attached to an aromatic ring is 1. The highest BCUT2D eigenvalue weighted by molar-refractivity contribution is 6.00. The fourth-order valence-electron chi connectivity index (χ4n) is 2.58. The number of anilines is 1. The highest BCUT2D eigenvalue weighted by Crippen LogP contribution is 2.29. The van der Waals surface area contributed by atoms with Crippen molar-refractivity contribution in [3.05, 3.63) is 29.8 Å². The molecule has 0 spiro atoms. The van der Waals surface area contributed by atoms with Crippen LogP contribution in [0, 0.1) is 11.3 Å². The summed E-state index contributed by atoms with van der Waals surface area (Å²) >= 11 is 0. The molecule has 1 saturated heterocycles. The molecular weight excluding hydrogens is 210 g/mol. The van der Waals surface area contributed by atoms with Crippen LogP contribution in [0.4, 0.5) is 5.69 Å². The lowest BCUT2D eigenvalue weighted by atomic mass is 9.93. The minimum absolute atomic E-state index is 0.158. The van der Waals surface area contributed by atoms with Crippen molar-refractivity contribution < 1.29 is 0 Å². The zero-order valence-corrected chi connectivity index (χ0v) is 10.6. The summed E-state index contributed by atoms with van der Waals surface area (Å²) in [5, 5.41) is 7.66. The van der Waals surface area contributed by atoms with E-state index in [9.17, 15) is 0 Å². The number of piperidine rings is 1. The molecule has 3 N–H and O–H groups in total. The molecule has 1 aromatic rings. The molecule has 2 rings (SSSR count). The first-order chi connectivity index (χ1) is 8.09. The van der Waals surface area contributed by atoms with Crippen LogP contribution >= 0.6 is 0 Å². The summed E-state index contributed by atoms with van der Waals surface area (Å²) in [6, 6.07) is 8.51. The molecule has 1 aliphatic rings. The third kappa shape index (κ3) is 2.43. The van der Waals surface area contributed by atoms with Gasteiger partial charge < -0.3 is 10.6 Å². The summed E-state index contributed by atoms with van der Waals surface area (Å²) in [7, 11) is 0. The summed E-state index contributed by atoms with van der Waals surface area (Å²) in [5.41, 5.74) is 7.62. The fourth-order valence-corrected chi connectivity index (χ4v) is 2.58. The molecule has 0 saturated carbocycles. The summed E-state index contributed by atoms with van der Waals surface area (Å²) < 4.78 is 0. The predicted octanol–water partition coefficient (Wildman–Crippen LogP) is 2.60. The Bertz CT molecular complexity index is 414. The van der Waals surface area contributed by atoms with Crippen molar-refractivity contribution in [2.24, 2.45) is 11.7 Å². The van der Waals surface area contributed by atoms with E-state index in [1.165, 1.54) is 12.8 Å². The quantitative estimate of drug-likeness (QED) is 0.607. The summed E-state index contributed by atoms with van der Waals surface area (Å²) in [6.45, 7) is 5.60. The first-order valence-corrected chi connectivity index (χ1v) is 6.29. The second kappa shape index (κ2) is 4.78. The molecule has 92 valence electrons. The van der Waals surface area contributed by atoms with Gasteiger partial charge >= 0.3 is 0 Å². The normalized spacial score (nSPS) is 24.7. The van der Waals surface area contributed by atoms with Crippen LogP contribution in [0.2, 0.25) is 0 Å². The average Bonchev–Trinajstić information content (AvgIpc) is 2.32. The van der Waals surface area contributed by atoms with Crippen LogP contribution < -0.4 is 10.6 Å². The van der Waals surface area contributed by atoms with Crippen LogP contribution in [0.25, 0.3) is 0 Å². The van der Waals surface area contributed by atoms with Gasteiger partial charge in [-0.2, -0.15) is 0 Å². The lowest BCUT2D eigenvalue weighted by Gasteiger charge is -2.39. The highest BCUT2D eigenvalue weighted by Gasteiger charge is 2.24. The number of rotatable bonds is 2. The Kier molecular flexibility index (Phi) is 3.36. The fraction of sp³-hybridized carbons (Fsp3) is 0.500. The molecule has 0 aromatic heterocycles. The molecule has 1 aliphatic heterocycles. The standard InChI is InChI=1S/C14H21N3/c1-10-7-8-11(2)17(9-10)13-6-4-3-5-12(13)14(15)16/h3-6,10-11H,7-9H2,1-2H3,(H3,15,16).